The van der Waals surface area contributed by atoms with Crippen molar-refractivity contribution < 1.29 is 17.9 Å². The van der Waals surface area contributed by atoms with Crippen molar-refractivity contribution in [2.24, 2.45) is 16.1 Å². The van der Waals surface area contributed by atoms with Crippen LogP contribution < -0.4 is 15.5 Å². The summed E-state index contributed by atoms with van der Waals surface area (Å²) in [5.74, 6) is -0.118. The molecule has 0 saturated carbocycles. The van der Waals surface area contributed by atoms with Gasteiger partial charge in [-0.15, -0.1) is 13.2 Å². The molecular weight excluding hydrogens is 570 g/mol. The molecule has 12 heteroatoms. The van der Waals surface area contributed by atoms with Gasteiger partial charge < -0.3 is 10.1 Å². The zero-order valence-electron chi connectivity index (χ0n) is 20.5. The van der Waals surface area contributed by atoms with E-state index in [4.69, 9.17) is 40.5 Å². The minimum absolute atomic E-state index is 0.0707. The first-order valence-corrected chi connectivity index (χ1v) is 13.1. The molecule has 3 aromatic carbocycles. The van der Waals surface area contributed by atoms with Gasteiger partial charge in [0.2, 0.25) is 0 Å². The third-order valence-corrected chi connectivity index (χ3v) is 7.39. The zero-order chi connectivity index (χ0) is 27.7. The molecule has 202 valence electrons. The Morgan fingerprint density at radius 1 is 1.13 bits per heavy atom. The third kappa shape index (κ3) is 6.13. The van der Waals surface area contributed by atoms with Gasteiger partial charge >= 0.3 is 6.36 Å². The molecule has 3 aromatic rings. The Morgan fingerprint density at radius 3 is 2.54 bits per heavy atom. The van der Waals surface area contributed by atoms with Crippen molar-refractivity contribution in [1.82, 2.24) is 10.4 Å². The van der Waals surface area contributed by atoms with E-state index in [-0.39, 0.29) is 22.8 Å². The minimum Gasteiger partial charge on any atom is -0.406 e. The number of ether oxygens (including phenoxy) is 1. The quantitative estimate of drug-likeness (QED) is 0.187. The molecule has 0 radical (unpaired) electrons. The molecule has 1 aliphatic carbocycles. The van der Waals surface area contributed by atoms with Crippen molar-refractivity contribution in [2.45, 2.75) is 25.2 Å². The molecule has 2 atom stereocenters. The van der Waals surface area contributed by atoms with Crippen LogP contribution in [-0.4, -0.2) is 35.5 Å². The highest BCUT2D eigenvalue weighted by molar-refractivity contribution is 7.80. The van der Waals surface area contributed by atoms with Crippen LogP contribution in [0.15, 0.2) is 70.9 Å². The highest BCUT2D eigenvalue weighted by atomic mass is 35.5. The Balaban J connectivity index is 1.25. The van der Waals surface area contributed by atoms with E-state index in [0.29, 0.717) is 15.7 Å². The summed E-state index contributed by atoms with van der Waals surface area (Å²) in [5.41, 5.74) is 8.24. The molecule has 1 aliphatic heterocycles. The first-order valence-electron chi connectivity index (χ1n) is 11.9. The lowest BCUT2D eigenvalue weighted by Crippen LogP contribution is -2.27. The van der Waals surface area contributed by atoms with Crippen LogP contribution in [0.2, 0.25) is 10.0 Å². The van der Waals surface area contributed by atoms with E-state index in [1.165, 1.54) is 12.1 Å². The summed E-state index contributed by atoms with van der Waals surface area (Å²) in [6.07, 6.45) is -1.36. The van der Waals surface area contributed by atoms with Crippen molar-refractivity contribution in [1.29, 1.82) is 0 Å². The molecule has 0 amide bonds. The summed E-state index contributed by atoms with van der Waals surface area (Å²) < 4.78 is 41.6. The second-order valence-electron chi connectivity index (χ2n) is 9.10. The number of para-hydroxylation sites is 1. The lowest BCUT2D eigenvalue weighted by molar-refractivity contribution is -0.274. The standard InChI is InChI=1S/C27H22Cl2F3N5OS/c1-37-25(16-6-9-18(10-7-16)38-27(30,31)32)20-12-8-17-13-15(5-11-19(17)23(20)36-37)14-33-35-26(39)34-24-21(28)3-2-4-22(24)29/h2-7,9-11,13-14,20,25H,8,12H2,1H3,(H2,34,35,39). The number of fused-ring (bicyclic) bond motifs is 3. The van der Waals surface area contributed by atoms with Crippen LogP contribution in [0.25, 0.3) is 0 Å². The molecule has 5 rings (SSSR count). The molecule has 0 spiro atoms. The predicted octanol–water partition coefficient (Wildman–Crippen LogP) is 7.17. The van der Waals surface area contributed by atoms with Crippen LogP contribution in [0.4, 0.5) is 18.9 Å². The van der Waals surface area contributed by atoms with E-state index in [9.17, 15) is 13.2 Å². The summed E-state index contributed by atoms with van der Waals surface area (Å²) in [6, 6.07) is 17.1. The first kappa shape index (κ1) is 27.2. The summed E-state index contributed by atoms with van der Waals surface area (Å²) in [5, 5.41) is 15.0. The number of hydrogen-bond acceptors (Lipinski definition) is 5. The van der Waals surface area contributed by atoms with Gasteiger partial charge in [-0.25, -0.2) is 0 Å². The Labute approximate surface area is 238 Å². The molecule has 1 heterocycles. The number of hydrazone groups is 2. The van der Waals surface area contributed by atoms with E-state index in [2.05, 4.69) is 26.6 Å². The molecule has 39 heavy (non-hydrogen) atoms. The van der Waals surface area contributed by atoms with Gasteiger partial charge in [0.15, 0.2) is 5.11 Å². The molecule has 2 N–H and O–H groups in total. The molecule has 0 fully saturated rings. The number of aryl methyl sites for hydroxylation is 1. The van der Waals surface area contributed by atoms with Gasteiger partial charge in [-0.3, -0.25) is 10.4 Å². The number of thiocarbonyl (C=S) groups is 1. The summed E-state index contributed by atoms with van der Waals surface area (Å²) in [4.78, 5) is 0. The van der Waals surface area contributed by atoms with Crippen LogP contribution in [0.1, 0.15) is 34.7 Å². The van der Waals surface area contributed by atoms with Crippen molar-refractivity contribution in [3.8, 4) is 5.75 Å². The molecular formula is C27H22Cl2F3N5OS. The van der Waals surface area contributed by atoms with Crippen LogP contribution >= 0.6 is 35.4 Å². The summed E-state index contributed by atoms with van der Waals surface area (Å²) >= 11 is 17.6. The van der Waals surface area contributed by atoms with E-state index in [1.807, 2.05) is 24.2 Å². The predicted molar refractivity (Wildman–Crippen MR) is 152 cm³/mol. The van der Waals surface area contributed by atoms with Gasteiger partial charge in [-0.05, 0) is 72.1 Å². The van der Waals surface area contributed by atoms with E-state index >= 15 is 0 Å². The lowest BCUT2D eigenvalue weighted by Gasteiger charge is -2.29. The van der Waals surface area contributed by atoms with Gasteiger partial charge in [-0.1, -0.05) is 53.5 Å². The number of hydrogen-bond donors (Lipinski definition) is 2. The summed E-state index contributed by atoms with van der Waals surface area (Å²) in [7, 11) is 1.88. The lowest BCUT2D eigenvalue weighted by atomic mass is 9.77. The van der Waals surface area contributed by atoms with Crippen molar-refractivity contribution in [3.63, 3.8) is 0 Å². The molecule has 0 bridgehead atoms. The maximum atomic E-state index is 12.5. The molecule has 2 unspecified atom stereocenters. The maximum absolute atomic E-state index is 12.5. The molecule has 6 nitrogen and oxygen atoms in total. The number of alkyl halides is 3. The molecule has 0 saturated heterocycles. The Morgan fingerprint density at radius 2 is 1.85 bits per heavy atom. The van der Waals surface area contributed by atoms with Crippen LogP contribution in [-0.2, 0) is 6.42 Å². The first-order chi connectivity index (χ1) is 18.6. The number of anilines is 1. The molecule has 0 aromatic heterocycles. The Hall–Kier alpha value is -3.34. The molecule has 2 aliphatic rings. The van der Waals surface area contributed by atoms with Gasteiger partial charge in [0.25, 0.3) is 0 Å². The van der Waals surface area contributed by atoms with Crippen LogP contribution in [0, 0.1) is 5.92 Å². The van der Waals surface area contributed by atoms with Gasteiger partial charge in [0, 0.05) is 18.5 Å². The fraction of sp³-hybridized carbons (Fsp3) is 0.222. The summed E-state index contributed by atoms with van der Waals surface area (Å²) in [6.45, 7) is 0. The van der Waals surface area contributed by atoms with Gasteiger partial charge in [0.05, 0.1) is 33.7 Å². The normalized spacial score (nSPS) is 18.4. The fourth-order valence-electron chi connectivity index (χ4n) is 4.96. The maximum Gasteiger partial charge on any atom is 0.573 e. The van der Waals surface area contributed by atoms with Gasteiger partial charge in [0.1, 0.15) is 5.75 Å². The number of nitrogens with zero attached hydrogens (tertiary/aromatic N) is 3. The third-order valence-electron chi connectivity index (χ3n) is 6.57. The largest absolute Gasteiger partial charge is 0.573 e. The number of rotatable bonds is 5. The smallest absolute Gasteiger partial charge is 0.406 e. The fourth-order valence-corrected chi connectivity index (χ4v) is 5.61. The average Bonchev–Trinajstić information content (AvgIpc) is 3.22. The van der Waals surface area contributed by atoms with Crippen molar-refractivity contribution >= 4 is 58.1 Å². The Kier molecular flexibility index (Phi) is 7.70. The minimum atomic E-state index is -4.72. The topological polar surface area (TPSA) is 61.2 Å². The van der Waals surface area contributed by atoms with Crippen LogP contribution in [0.3, 0.4) is 0 Å². The second-order valence-corrected chi connectivity index (χ2v) is 10.3. The number of halogens is 5. The number of nitrogens with one attached hydrogen (secondary N) is 2. The van der Waals surface area contributed by atoms with E-state index < -0.39 is 6.36 Å². The SMILES string of the molecule is CN1N=C2c3ccc(C=NNC(=S)Nc4c(Cl)cccc4Cl)cc3CCC2C1c1ccc(OC(F)(F)F)cc1. The average molecular weight is 592 g/mol. The van der Waals surface area contributed by atoms with E-state index in [1.54, 1.807) is 36.5 Å². The highest BCUT2D eigenvalue weighted by Crippen LogP contribution is 2.43. The zero-order valence-corrected chi connectivity index (χ0v) is 22.8. The van der Waals surface area contributed by atoms with Crippen molar-refractivity contribution in [2.75, 3.05) is 12.4 Å². The number of benzene rings is 3. The second kappa shape index (κ2) is 11.0. The van der Waals surface area contributed by atoms with E-state index in [0.717, 1.165) is 40.8 Å². The van der Waals surface area contributed by atoms with Crippen LogP contribution in [0.5, 0.6) is 5.75 Å². The Bertz CT molecular complexity index is 1440. The van der Waals surface area contributed by atoms with Gasteiger partial charge in [-0.2, -0.15) is 10.2 Å². The highest BCUT2D eigenvalue weighted by Gasteiger charge is 2.40. The van der Waals surface area contributed by atoms with Crippen molar-refractivity contribution in [3.05, 3.63) is 93.0 Å². The monoisotopic (exact) mass is 591 g/mol.